The maximum atomic E-state index is 2.37. The fourth-order valence-corrected chi connectivity index (χ4v) is 12.0. The molecule has 2 heteroatoms. The lowest BCUT2D eigenvalue weighted by Gasteiger charge is -2.26. The molecule has 414 valence electrons. The smallest absolute Gasteiger partial charge is 0.0456 e. The zero-order valence-electron chi connectivity index (χ0n) is 48.5. The summed E-state index contributed by atoms with van der Waals surface area (Å²) in [4.78, 5) is 4.73. The van der Waals surface area contributed by atoms with Gasteiger partial charge in [-0.05, 0) is 199 Å². The van der Waals surface area contributed by atoms with Crippen molar-refractivity contribution in [1.29, 1.82) is 0 Å². The molecule has 11 aromatic carbocycles. The Bertz CT molecular complexity index is 3880. The molecule has 0 saturated carbocycles. The van der Waals surface area contributed by atoms with Crippen molar-refractivity contribution in [3.8, 4) is 0 Å². The molecular formula is C84H68N2. The highest BCUT2D eigenvalue weighted by molar-refractivity contribution is 5.93. The normalized spacial score (nSPS) is 13.7. The average Bonchev–Trinajstić information content (AvgIpc) is 3.64. The van der Waals surface area contributed by atoms with Crippen LogP contribution in [-0.2, 0) is 12.8 Å². The van der Waals surface area contributed by atoms with Crippen LogP contribution in [-0.4, -0.2) is 0 Å². The Balaban J connectivity index is 0.714. The molecule has 0 fully saturated rings. The fourth-order valence-electron chi connectivity index (χ4n) is 12.0. The number of allylic oxidation sites excluding steroid dienone is 2. The summed E-state index contributed by atoms with van der Waals surface area (Å²) in [7, 11) is 0. The number of hydrogen-bond donors (Lipinski definition) is 0. The van der Waals surface area contributed by atoms with E-state index in [0.717, 1.165) is 94.7 Å². The molecule has 0 saturated heterocycles. The first-order valence-electron chi connectivity index (χ1n) is 30.3. The third kappa shape index (κ3) is 13.1. The standard InChI is InChI=1S/C84H68N2/c1-5-19-71(20-6-1)83(72-21-7-2-8-22-72)59-67-47-55-79(56-48-67)85(61-75-31-17-29-69-27-13-15-33-81(69)75)77-51-43-65(44-52-77)41-39-63-35-37-64(38-36-63)40-42-66-45-53-78(54-46-66)86(62-76-32-18-30-70-28-14-16-34-82(70)76)80-57-49-68(50-58-80)60-84(73-23-9-3-10-24-73)74-25-11-4-12-26-74/h1-16,19-28,33-62H,17-18,29-32H2. The van der Waals surface area contributed by atoms with Gasteiger partial charge in [0, 0.05) is 35.1 Å². The van der Waals surface area contributed by atoms with Crippen molar-refractivity contribution in [1.82, 2.24) is 0 Å². The van der Waals surface area contributed by atoms with E-state index in [0.29, 0.717) is 0 Å². The lowest BCUT2D eigenvalue weighted by atomic mass is 9.88. The number of fused-ring (bicyclic) bond motifs is 2. The van der Waals surface area contributed by atoms with E-state index < -0.39 is 0 Å². The van der Waals surface area contributed by atoms with Gasteiger partial charge >= 0.3 is 0 Å². The van der Waals surface area contributed by atoms with Crippen molar-refractivity contribution in [2.45, 2.75) is 38.5 Å². The van der Waals surface area contributed by atoms with E-state index in [4.69, 9.17) is 0 Å². The zero-order chi connectivity index (χ0) is 57.7. The highest BCUT2D eigenvalue weighted by Gasteiger charge is 2.19. The number of anilines is 4. The van der Waals surface area contributed by atoms with Gasteiger partial charge in [-0.3, -0.25) is 0 Å². The molecule has 0 N–H and O–H groups in total. The van der Waals surface area contributed by atoms with Crippen LogP contribution >= 0.6 is 0 Å². The molecule has 0 bridgehead atoms. The molecule has 0 aliphatic heterocycles. The van der Waals surface area contributed by atoms with E-state index in [1.54, 1.807) is 0 Å². The SMILES string of the molecule is C(=Cc1ccc(N(C=C2CCCc3ccccc32)c2ccc(C=C(c3ccccc3)c3ccccc3)cc2)cc1)c1ccc(C=Cc2ccc(N(C=C3CCCc4ccccc43)c3ccc(C=C(c4ccccc4)c4ccccc4)cc3)cc2)cc1. The molecule has 0 radical (unpaired) electrons. The molecule has 13 rings (SSSR count). The van der Waals surface area contributed by atoms with Crippen molar-refractivity contribution < 1.29 is 0 Å². The predicted molar refractivity (Wildman–Crippen MR) is 369 cm³/mol. The van der Waals surface area contributed by atoms with Gasteiger partial charge in [0.2, 0.25) is 0 Å². The first-order chi connectivity index (χ1) is 42.6. The Morgan fingerprint density at radius 3 is 0.802 bits per heavy atom. The predicted octanol–water partition coefficient (Wildman–Crippen LogP) is 22.2. The van der Waals surface area contributed by atoms with Gasteiger partial charge in [-0.15, -0.1) is 0 Å². The van der Waals surface area contributed by atoms with Crippen molar-refractivity contribution >= 4 is 81.5 Å². The van der Waals surface area contributed by atoms with Crippen LogP contribution in [0, 0.1) is 0 Å². The highest BCUT2D eigenvalue weighted by atomic mass is 15.1. The fraction of sp³-hybridized carbons (Fsp3) is 0.0714. The molecule has 0 amide bonds. The molecule has 2 aliphatic carbocycles. The summed E-state index contributed by atoms with van der Waals surface area (Å²) < 4.78 is 0. The van der Waals surface area contributed by atoms with Gasteiger partial charge in [0.15, 0.2) is 0 Å². The molecular weight excluding hydrogens is 1040 g/mol. The Labute approximate surface area is 508 Å². The van der Waals surface area contributed by atoms with E-state index in [1.165, 1.54) is 66.8 Å². The van der Waals surface area contributed by atoms with Gasteiger partial charge in [-0.1, -0.05) is 267 Å². The Morgan fingerprint density at radius 2 is 0.500 bits per heavy atom. The number of benzene rings is 11. The second-order valence-corrected chi connectivity index (χ2v) is 22.3. The van der Waals surface area contributed by atoms with Crippen LogP contribution in [0.5, 0.6) is 0 Å². The van der Waals surface area contributed by atoms with Crippen LogP contribution in [0.1, 0.15) is 104 Å². The Kier molecular flexibility index (Phi) is 16.8. The molecule has 0 atom stereocenters. The average molecular weight is 1110 g/mol. The van der Waals surface area contributed by atoms with Crippen molar-refractivity contribution in [3.63, 3.8) is 0 Å². The quantitative estimate of drug-likeness (QED) is 0.0890. The molecule has 0 heterocycles. The van der Waals surface area contributed by atoms with Gasteiger partial charge in [-0.2, -0.15) is 0 Å². The van der Waals surface area contributed by atoms with Crippen LogP contribution in [0.4, 0.5) is 22.7 Å². The minimum Gasteiger partial charge on any atom is -0.317 e. The van der Waals surface area contributed by atoms with Crippen LogP contribution in [0.25, 0.3) is 58.7 Å². The summed E-state index contributed by atoms with van der Waals surface area (Å²) in [6.07, 6.45) is 24.8. The molecule has 2 aliphatic rings. The topological polar surface area (TPSA) is 6.48 Å². The van der Waals surface area contributed by atoms with E-state index >= 15 is 0 Å². The minimum atomic E-state index is 1.05. The van der Waals surface area contributed by atoms with Crippen LogP contribution < -0.4 is 9.80 Å². The first-order valence-corrected chi connectivity index (χ1v) is 30.3. The third-order valence-electron chi connectivity index (χ3n) is 16.6. The number of nitrogens with zero attached hydrogens (tertiary/aromatic N) is 2. The van der Waals surface area contributed by atoms with Gasteiger partial charge in [0.1, 0.15) is 0 Å². The van der Waals surface area contributed by atoms with Gasteiger partial charge in [0.25, 0.3) is 0 Å². The van der Waals surface area contributed by atoms with E-state index in [-0.39, 0.29) is 0 Å². The van der Waals surface area contributed by atoms with Crippen molar-refractivity contribution in [3.05, 3.63) is 381 Å². The van der Waals surface area contributed by atoms with Crippen molar-refractivity contribution in [2.75, 3.05) is 9.80 Å². The maximum Gasteiger partial charge on any atom is 0.0456 e. The zero-order valence-corrected chi connectivity index (χ0v) is 48.5. The van der Waals surface area contributed by atoms with E-state index in [2.05, 4.69) is 350 Å². The number of hydrogen-bond acceptors (Lipinski definition) is 2. The minimum absolute atomic E-state index is 1.05. The number of rotatable bonds is 16. The van der Waals surface area contributed by atoms with E-state index in [1.807, 2.05) is 0 Å². The Morgan fingerprint density at radius 1 is 0.244 bits per heavy atom. The molecule has 86 heavy (non-hydrogen) atoms. The summed E-state index contributed by atoms with van der Waals surface area (Å²) in [5.74, 6) is 0. The molecule has 0 unspecified atom stereocenters. The van der Waals surface area contributed by atoms with Gasteiger partial charge in [0.05, 0.1) is 0 Å². The van der Waals surface area contributed by atoms with Crippen LogP contribution in [0.15, 0.2) is 304 Å². The van der Waals surface area contributed by atoms with Gasteiger partial charge < -0.3 is 9.80 Å². The van der Waals surface area contributed by atoms with Crippen LogP contribution in [0.3, 0.4) is 0 Å². The lowest BCUT2D eigenvalue weighted by Crippen LogP contribution is -2.12. The van der Waals surface area contributed by atoms with E-state index in [9.17, 15) is 0 Å². The molecule has 11 aromatic rings. The summed E-state index contributed by atoms with van der Waals surface area (Å²) >= 11 is 0. The third-order valence-corrected chi connectivity index (χ3v) is 16.6. The maximum absolute atomic E-state index is 2.37. The second-order valence-electron chi connectivity index (χ2n) is 22.3. The number of aryl methyl sites for hydroxylation is 2. The summed E-state index contributed by atoms with van der Waals surface area (Å²) in [5, 5.41) is 0. The second kappa shape index (κ2) is 26.4. The molecule has 2 nitrogen and oxygen atoms in total. The van der Waals surface area contributed by atoms with Gasteiger partial charge in [-0.25, -0.2) is 0 Å². The molecule has 0 spiro atoms. The first kappa shape index (κ1) is 54.7. The monoisotopic (exact) mass is 1100 g/mol. The molecule has 0 aromatic heterocycles. The summed E-state index contributed by atoms with van der Waals surface area (Å²) in [6.45, 7) is 0. The highest BCUT2D eigenvalue weighted by Crippen LogP contribution is 2.38. The van der Waals surface area contributed by atoms with Crippen LogP contribution in [0.2, 0.25) is 0 Å². The largest absolute Gasteiger partial charge is 0.317 e. The van der Waals surface area contributed by atoms with Crippen molar-refractivity contribution in [2.24, 2.45) is 0 Å². The summed E-state index contributed by atoms with van der Waals surface area (Å²) in [6, 6.07) is 105. The Hall–Kier alpha value is -10.5. The summed E-state index contributed by atoms with van der Waals surface area (Å²) in [5.41, 5.74) is 26.9. The lowest BCUT2D eigenvalue weighted by molar-refractivity contribution is 0.820.